The van der Waals surface area contributed by atoms with E-state index in [0.717, 1.165) is 0 Å². The van der Waals surface area contributed by atoms with Gasteiger partial charge in [0.25, 0.3) is 5.91 Å². The highest BCUT2D eigenvalue weighted by atomic mass is 19.1. The number of hydrogen-bond acceptors (Lipinski definition) is 3. The molecule has 0 aliphatic heterocycles. The molecule has 5 nitrogen and oxygen atoms in total. The first-order chi connectivity index (χ1) is 9.78. The zero-order chi connectivity index (χ0) is 16.0. The number of halogens is 1. The number of aliphatic carboxylic acids is 1. The Labute approximate surface area is 123 Å². The summed E-state index contributed by atoms with van der Waals surface area (Å²) < 4.78 is 18.3. The van der Waals surface area contributed by atoms with Crippen molar-refractivity contribution in [3.05, 3.63) is 30.1 Å². The molecule has 0 saturated carbocycles. The van der Waals surface area contributed by atoms with Crippen LogP contribution >= 0.6 is 0 Å². The van der Waals surface area contributed by atoms with E-state index in [4.69, 9.17) is 9.84 Å². The number of amides is 1. The van der Waals surface area contributed by atoms with Gasteiger partial charge in [-0.15, -0.1) is 0 Å². The van der Waals surface area contributed by atoms with Crippen LogP contribution in [0.5, 0.6) is 5.75 Å². The number of hydrogen-bond donors (Lipinski definition) is 2. The normalized spacial score (nSPS) is 14.9. The minimum absolute atomic E-state index is 0.00845. The molecule has 2 atom stereocenters. The first kappa shape index (κ1) is 16.9. The van der Waals surface area contributed by atoms with Gasteiger partial charge >= 0.3 is 5.97 Å². The van der Waals surface area contributed by atoms with Crippen molar-refractivity contribution < 1.29 is 23.8 Å². The maximum Gasteiger partial charge on any atom is 0.311 e. The van der Waals surface area contributed by atoms with Crippen molar-refractivity contribution in [3.8, 4) is 5.75 Å². The largest absolute Gasteiger partial charge is 0.481 e. The second kappa shape index (κ2) is 7.06. The Bertz CT molecular complexity index is 520. The summed E-state index contributed by atoms with van der Waals surface area (Å²) in [6, 6.07) is 5.47. The van der Waals surface area contributed by atoms with Crippen LogP contribution in [0.4, 0.5) is 4.39 Å². The van der Waals surface area contributed by atoms with E-state index in [-0.39, 0.29) is 12.3 Å². The zero-order valence-electron chi connectivity index (χ0n) is 12.4. The average molecular weight is 297 g/mol. The van der Waals surface area contributed by atoms with Gasteiger partial charge < -0.3 is 15.2 Å². The summed E-state index contributed by atoms with van der Waals surface area (Å²) in [5.41, 5.74) is -1.02. The highest BCUT2D eigenvalue weighted by Crippen LogP contribution is 2.20. The van der Waals surface area contributed by atoms with Gasteiger partial charge in [-0.05, 0) is 32.4 Å². The molecule has 0 bridgehead atoms. The molecule has 6 heteroatoms. The minimum Gasteiger partial charge on any atom is -0.481 e. The Morgan fingerprint density at radius 1 is 1.48 bits per heavy atom. The molecule has 0 aliphatic rings. The van der Waals surface area contributed by atoms with E-state index in [1.54, 1.807) is 19.9 Å². The van der Waals surface area contributed by atoms with E-state index < -0.39 is 29.2 Å². The van der Waals surface area contributed by atoms with Crippen molar-refractivity contribution in [1.29, 1.82) is 0 Å². The van der Waals surface area contributed by atoms with Crippen molar-refractivity contribution >= 4 is 11.9 Å². The monoisotopic (exact) mass is 297 g/mol. The Hall–Kier alpha value is -2.11. The fourth-order valence-corrected chi connectivity index (χ4v) is 1.58. The molecule has 1 aromatic carbocycles. The third-order valence-corrected chi connectivity index (χ3v) is 3.43. The lowest BCUT2D eigenvalue weighted by Crippen LogP contribution is -2.44. The molecule has 116 valence electrons. The molecule has 0 spiro atoms. The molecule has 2 N–H and O–H groups in total. The van der Waals surface area contributed by atoms with Gasteiger partial charge in [0.2, 0.25) is 0 Å². The lowest BCUT2D eigenvalue weighted by Gasteiger charge is -2.24. The van der Waals surface area contributed by atoms with Crippen molar-refractivity contribution in [2.24, 2.45) is 5.41 Å². The number of carboxylic acid groups (broad SMARTS) is 1. The van der Waals surface area contributed by atoms with Crippen molar-refractivity contribution in [1.82, 2.24) is 5.32 Å². The molecule has 1 rings (SSSR count). The van der Waals surface area contributed by atoms with Gasteiger partial charge in [0.05, 0.1) is 5.41 Å². The summed E-state index contributed by atoms with van der Waals surface area (Å²) in [7, 11) is 0. The van der Waals surface area contributed by atoms with E-state index in [0.29, 0.717) is 6.42 Å². The number of nitrogens with one attached hydrogen (secondary N) is 1. The van der Waals surface area contributed by atoms with Crippen LogP contribution in [0.1, 0.15) is 27.2 Å². The maximum absolute atomic E-state index is 13.0. The van der Waals surface area contributed by atoms with Crippen LogP contribution in [-0.2, 0) is 9.59 Å². The fraction of sp³-hybridized carbons (Fsp3) is 0.467. The van der Waals surface area contributed by atoms with Gasteiger partial charge in [-0.1, -0.05) is 13.0 Å². The summed E-state index contributed by atoms with van der Waals surface area (Å²) in [5, 5.41) is 11.7. The van der Waals surface area contributed by atoms with Crippen LogP contribution in [0.2, 0.25) is 0 Å². The van der Waals surface area contributed by atoms with Crippen LogP contribution < -0.4 is 10.1 Å². The highest BCUT2D eigenvalue weighted by Gasteiger charge is 2.32. The van der Waals surface area contributed by atoms with Gasteiger partial charge in [-0.25, -0.2) is 4.39 Å². The zero-order valence-corrected chi connectivity index (χ0v) is 12.4. The fourth-order valence-electron chi connectivity index (χ4n) is 1.58. The Morgan fingerprint density at radius 3 is 2.67 bits per heavy atom. The number of rotatable bonds is 7. The van der Waals surface area contributed by atoms with E-state index in [2.05, 4.69) is 5.32 Å². The smallest absolute Gasteiger partial charge is 0.311 e. The topological polar surface area (TPSA) is 75.6 Å². The molecule has 0 radical (unpaired) electrons. The lowest BCUT2D eigenvalue weighted by atomic mass is 9.87. The summed E-state index contributed by atoms with van der Waals surface area (Å²) >= 11 is 0. The molecular weight excluding hydrogens is 277 g/mol. The quantitative estimate of drug-likeness (QED) is 0.809. The molecule has 0 aliphatic carbocycles. The van der Waals surface area contributed by atoms with Crippen molar-refractivity contribution in [2.75, 3.05) is 6.54 Å². The summed E-state index contributed by atoms with van der Waals surface area (Å²) in [6.45, 7) is 4.83. The van der Waals surface area contributed by atoms with Crippen LogP contribution in [-0.4, -0.2) is 29.6 Å². The molecule has 0 saturated heterocycles. The summed E-state index contributed by atoms with van der Waals surface area (Å²) in [4.78, 5) is 23.0. The molecule has 2 unspecified atom stereocenters. The van der Waals surface area contributed by atoms with Gasteiger partial charge in [0.15, 0.2) is 6.10 Å². The second-order valence-corrected chi connectivity index (χ2v) is 5.15. The highest BCUT2D eigenvalue weighted by molar-refractivity contribution is 5.82. The Balaban J connectivity index is 2.57. The standard InChI is InChI=1S/C15H20FNO4/c1-4-15(3,14(19)20)9-17-13(18)10(2)21-12-7-5-6-11(16)8-12/h5-8,10H,4,9H2,1-3H3,(H,17,18)(H,19,20). The Morgan fingerprint density at radius 2 is 2.14 bits per heavy atom. The van der Waals surface area contributed by atoms with E-state index in [9.17, 15) is 14.0 Å². The third kappa shape index (κ3) is 4.73. The number of carbonyl (C=O) groups excluding carboxylic acids is 1. The summed E-state index contributed by atoms with van der Waals surface area (Å²) in [5.74, 6) is -1.62. The molecule has 0 heterocycles. The van der Waals surface area contributed by atoms with Crippen molar-refractivity contribution in [2.45, 2.75) is 33.3 Å². The molecule has 21 heavy (non-hydrogen) atoms. The van der Waals surface area contributed by atoms with Crippen LogP contribution in [0.3, 0.4) is 0 Å². The number of benzene rings is 1. The van der Waals surface area contributed by atoms with Crippen LogP contribution in [0.25, 0.3) is 0 Å². The third-order valence-electron chi connectivity index (χ3n) is 3.43. The molecule has 1 aromatic rings. The second-order valence-electron chi connectivity index (χ2n) is 5.15. The van der Waals surface area contributed by atoms with Crippen molar-refractivity contribution in [3.63, 3.8) is 0 Å². The van der Waals surface area contributed by atoms with Gasteiger partial charge in [-0.3, -0.25) is 9.59 Å². The molecule has 1 amide bonds. The van der Waals surface area contributed by atoms with Gasteiger partial charge in [0.1, 0.15) is 11.6 Å². The number of ether oxygens (including phenoxy) is 1. The van der Waals surface area contributed by atoms with Gasteiger partial charge in [0, 0.05) is 12.6 Å². The lowest BCUT2D eigenvalue weighted by molar-refractivity contribution is -0.148. The number of carbonyl (C=O) groups is 2. The molecule has 0 fully saturated rings. The predicted octanol–water partition coefficient (Wildman–Crippen LogP) is 2.21. The first-order valence-corrected chi connectivity index (χ1v) is 6.72. The molecule has 0 aromatic heterocycles. The minimum atomic E-state index is -1.02. The first-order valence-electron chi connectivity index (χ1n) is 6.72. The predicted molar refractivity (Wildman–Crippen MR) is 75.5 cm³/mol. The maximum atomic E-state index is 13.0. The SMILES string of the molecule is CCC(C)(CNC(=O)C(C)Oc1cccc(F)c1)C(=O)O. The summed E-state index contributed by atoms with van der Waals surface area (Å²) in [6.07, 6.45) is -0.455. The number of carboxylic acids is 1. The van der Waals surface area contributed by atoms with Crippen LogP contribution in [0.15, 0.2) is 24.3 Å². The average Bonchev–Trinajstić information content (AvgIpc) is 2.44. The van der Waals surface area contributed by atoms with E-state index in [1.165, 1.54) is 25.1 Å². The van der Waals surface area contributed by atoms with E-state index >= 15 is 0 Å². The van der Waals surface area contributed by atoms with Gasteiger partial charge in [-0.2, -0.15) is 0 Å². The van der Waals surface area contributed by atoms with Crippen LogP contribution in [0, 0.1) is 11.2 Å². The Kier molecular flexibility index (Phi) is 5.69. The molecular formula is C15H20FNO4. The van der Waals surface area contributed by atoms with E-state index in [1.807, 2.05) is 0 Å².